The fourth-order valence-corrected chi connectivity index (χ4v) is 11.0. The molecule has 2 aromatic carbocycles. The Kier molecular flexibility index (Phi) is 20.7. The lowest BCUT2D eigenvalue weighted by atomic mass is 9.82. The van der Waals surface area contributed by atoms with Gasteiger partial charge in [-0.2, -0.15) is 20.4 Å². The molecule has 11 heterocycles. The van der Waals surface area contributed by atoms with Crippen LogP contribution in [0.4, 0.5) is 32.3 Å². The van der Waals surface area contributed by atoms with Gasteiger partial charge in [-0.3, -0.25) is 9.36 Å². The molecule has 13 rings (SSSR count). The quantitative estimate of drug-likeness (QED) is 0.0900. The molecule has 10 aromatic rings. The minimum atomic E-state index is -0.836. The summed E-state index contributed by atoms with van der Waals surface area (Å²) < 4.78 is 46.5. The molecule has 29 heteroatoms. The molecule has 0 spiro atoms. The molecule has 474 valence electrons. The lowest BCUT2D eigenvalue weighted by Gasteiger charge is -2.35. The molecule has 3 aliphatic heterocycles. The van der Waals surface area contributed by atoms with E-state index in [2.05, 4.69) is 91.9 Å². The van der Waals surface area contributed by atoms with Gasteiger partial charge < -0.3 is 74.6 Å². The average molecular weight is 1410 g/mol. The van der Waals surface area contributed by atoms with Crippen molar-refractivity contribution in [3.05, 3.63) is 174 Å². The van der Waals surface area contributed by atoms with Crippen molar-refractivity contribution in [3.8, 4) is 11.1 Å². The van der Waals surface area contributed by atoms with Crippen LogP contribution in [0.15, 0.2) is 140 Å². The highest BCUT2D eigenvalue weighted by molar-refractivity contribution is 9.10. The first kappa shape index (κ1) is 66.8. The van der Waals surface area contributed by atoms with E-state index >= 15 is 0 Å². The highest BCUT2D eigenvalue weighted by atomic mass is 127. The number of halogens is 4. The van der Waals surface area contributed by atoms with E-state index in [4.69, 9.17) is 31.0 Å². The Morgan fingerprint density at radius 1 is 0.533 bits per heavy atom. The van der Waals surface area contributed by atoms with Crippen molar-refractivity contribution < 1.29 is 52.3 Å². The largest absolute Gasteiger partial charge is 1.00 e. The van der Waals surface area contributed by atoms with Gasteiger partial charge in [0.2, 0.25) is 11.9 Å². The SMILES string of the molecule is C.CC1(C)OB(c2cnn(CCO)c2)OC1(C)C.C[C@](N)(c1ccc(F)cc1)c1cnc(N2CCN(c3ncnn4cc(-c5cnn(CCO)c5)cc34)CC2)nc1.C[C@](N)(c1ccc(F)cc1)c1cnc(N2CCN(c3ncnn4cc(Br)cc34)CC2)nc1.[I-]. The summed E-state index contributed by atoms with van der Waals surface area (Å²) in [6, 6.07) is 16.5. The van der Waals surface area contributed by atoms with Crippen LogP contribution in [-0.2, 0) is 33.5 Å². The van der Waals surface area contributed by atoms with Gasteiger partial charge in [-0.1, -0.05) is 31.7 Å². The Bertz CT molecular complexity index is 3950. The Hall–Kier alpha value is -7.65. The molecule has 8 aromatic heterocycles. The number of fused-ring (bicyclic) bond motifs is 2. The number of hydrogen-bond donors (Lipinski definition) is 4. The number of nitrogens with zero attached hydrogens (tertiary/aromatic N) is 18. The maximum Gasteiger partial charge on any atom is 0.498 e. The first-order chi connectivity index (χ1) is 42.2. The Balaban J connectivity index is 0.000000170. The number of rotatable bonds is 14. The Labute approximate surface area is 546 Å². The van der Waals surface area contributed by atoms with Crippen molar-refractivity contribution in [3.63, 3.8) is 0 Å². The van der Waals surface area contributed by atoms with Crippen molar-refractivity contribution in [2.45, 2.75) is 84.3 Å². The molecule has 90 heavy (non-hydrogen) atoms. The van der Waals surface area contributed by atoms with Crippen LogP contribution in [0.1, 0.15) is 71.2 Å². The van der Waals surface area contributed by atoms with Crippen molar-refractivity contribution in [1.82, 2.24) is 68.7 Å². The van der Waals surface area contributed by atoms with E-state index in [0.717, 1.165) is 118 Å². The van der Waals surface area contributed by atoms with Crippen LogP contribution in [0.2, 0.25) is 0 Å². The number of hydrogen-bond acceptors (Lipinski definition) is 20. The number of aromatic nitrogens is 14. The maximum absolute atomic E-state index is 13.4. The van der Waals surface area contributed by atoms with Crippen LogP contribution in [-0.4, -0.2) is 163 Å². The topological polar surface area (TPSA) is 272 Å². The summed E-state index contributed by atoms with van der Waals surface area (Å²) in [5, 5.41) is 35.1. The third-order valence-electron chi connectivity index (χ3n) is 16.6. The third kappa shape index (κ3) is 14.4. The van der Waals surface area contributed by atoms with Gasteiger partial charge in [0.05, 0.1) is 54.8 Å². The second kappa shape index (κ2) is 27.8. The minimum absolute atomic E-state index is 0. The standard InChI is InChI=1S/C27H29FN10O.C22H22BrFN8.C11H19BN2O3.CH4.HI/c1-27(29,21-2-4-23(28)5-3-21)22-14-30-26(31-15-22)36-8-6-35(7-9-36)25-24-12-19(17-38(24)34-18-32-25)20-13-33-37(16-20)10-11-39;1-22(25,15-2-4-18(24)5-3-15)16-11-26-21(27-12-16)31-8-6-30(7-9-31)20-19-10-17(23)13-32(19)29-14-28-20;1-10(2)11(3,4)17-12(16-10)9-7-13-14(8-9)5-6-15;;/h2-5,12-18,39H,6-11,29H2,1H3;2-5,10-14H,6-9,25H2,1H3;7-8,15H,5-6H2,1-4H3;1H4;1H/p-1/t27-;22-;;;/m00.../s1. The molecule has 3 aliphatic rings. The summed E-state index contributed by atoms with van der Waals surface area (Å²) in [6.07, 6.45) is 21.3. The second-order valence-corrected chi connectivity index (χ2v) is 24.1. The van der Waals surface area contributed by atoms with Crippen LogP contribution < -0.4 is 60.5 Å². The van der Waals surface area contributed by atoms with Crippen LogP contribution in [0.3, 0.4) is 0 Å². The Morgan fingerprint density at radius 2 is 0.944 bits per heavy atom. The van der Waals surface area contributed by atoms with Gasteiger partial charge in [0, 0.05) is 140 Å². The zero-order valence-electron chi connectivity index (χ0n) is 50.2. The molecular formula is C61H74BBrF2IN20O4-. The summed E-state index contributed by atoms with van der Waals surface area (Å²) in [6.45, 7) is 19.0. The average Bonchev–Trinajstić information content (AvgIpc) is 1.57. The van der Waals surface area contributed by atoms with Gasteiger partial charge in [0.1, 0.15) is 35.3 Å². The number of anilines is 4. The third-order valence-corrected chi connectivity index (χ3v) is 17.1. The van der Waals surface area contributed by atoms with E-state index in [1.54, 1.807) is 83.5 Å². The van der Waals surface area contributed by atoms with Crippen LogP contribution >= 0.6 is 15.9 Å². The van der Waals surface area contributed by atoms with E-state index in [1.165, 1.54) is 24.3 Å². The van der Waals surface area contributed by atoms with E-state index in [1.807, 2.05) is 81.4 Å². The van der Waals surface area contributed by atoms with Crippen LogP contribution in [0.25, 0.3) is 22.2 Å². The minimum Gasteiger partial charge on any atom is -1.00 e. The van der Waals surface area contributed by atoms with E-state index < -0.39 is 11.1 Å². The fourth-order valence-electron chi connectivity index (χ4n) is 10.6. The van der Waals surface area contributed by atoms with E-state index in [-0.39, 0.29) is 74.6 Å². The van der Waals surface area contributed by atoms with E-state index in [0.29, 0.717) is 25.0 Å². The zero-order chi connectivity index (χ0) is 62.0. The fraction of sp³-hybridized carbons (Fsp3) is 0.377. The number of benzene rings is 2. The van der Waals surface area contributed by atoms with E-state index in [9.17, 15) is 8.78 Å². The molecule has 24 nitrogen and oxygen atoms in total. The van der Waals surface area contributed by atoms with Crippen molar-refractivity contribution >= 4 is 63.1 Å². The molecule has 0 radical (unpaired) electrons. The summed E-state index contributed by atoms with van der Waals surface area (Å²) >= 11 is 3.50. The van der Waals surface area contributed by atoms with Gasteiger partial charge >= 0.3 is 7.12 Å². The predicted molar refractivity (Wildman–Crippen MR) is 341 cm³/mol. The maximum atomic E-state index is 13.4. The summed E-state index contributed by atoms with van der Waals surface area (Å²) in [5.41, 5.74) is 18.6. The monoisotopic (exact) mass is 1410 g/mol. The van der Waals surface area contributed by atoms with Gasteiger partial charge in [-0.05, 0) is 105 Å². The molecule has 0 amide bonds. The molecule has 0 unspecified atom stereocenters. The molecule has 2 atom stereocenters. The number of nitrogens with two attached hydrogens (primary N) is 2. The van der Waals surface area contributed by atoms with Crippen molar-refractivity contribution in [2.24, 2.45) is 11.5 Å². The molecule has 3 saturated heterocycles. The van der Waals surface area contributed by atoms with Gasteiger partial charge in [-0.25, -0.2) is 47.7 Å². The number of piperazine rings is 2. The lowest BCUT2D eigenvalue weighted by Crippen LogP contribution is -3.00. The van der Waals surface area contributed by atoms with Crippen molar-refractivity contribution in [2.75, 3.05) is 85.2 Å². The van der Waals surface area contributed by atoms with Gasteiger partial charge in [-0.15, -0.1) is 0 Å². The smallest absolute Gasteiger partial charge is 0.498 e. The molecule has 3 fully saturated rings. The normalized spacial score (nSPS) is 16.7. The molecule has 0 aliphatic carbocycles. The van der Waals surface area contributed by atoms with Gasteiger partial charge in [0.15, 0.2) is 11.6 Å². The Morgan fingerprint density at radius 3 is 1.40 bits per heavy atom. The number of aliphatic hydroxyl groups excluding tert-OH is 2. The lowest BCUT2D eigenvalue weighted by molar-refractivity contribution is -0.0000254. The first-order valence-electron chi connectivity index (χ1n) is 28.9. The predicted octanol–water partition coefficient (Wildman–Crippen LogP) is 2.85. The molecule has 0 bridgehead atoms. The molecular weight excluding hydrogens is 1330 g/mol. The van der Waals surface area contributed by atoms with Crippen LogP contribution in [0.5, 0.6) is 0 Å². The second-order valence-electron chi connectivity index (χ2n) is 23.2. The number of aliphatic hydroxyl groups is 2. The summed E-state index contributed by atoms with van der Waals surface area (Å²) in [5.74, 6) is 2.51. The highest BCUT2D eigenvalue weighted by Gasteiger charge is 2.52. The highest BCUT2D eigenvalue weighted by Crippen LogP contribution is 2.37. The van der Waals surface area contributed by atoms with Crippen molar-refractivity contribution in [1.29, 1.82) is 0 Å². The molecule has 6 N–H and O–H groups in total. The van der Waals surface area contributed by atoms with Gasteiger partial charge in [0.25, 0.3) is 0 Å². The zero-order valence-corrected chi connectivity index (χ0v) is 53.9. The summed E-state index contributed by atoms with van der Waals surface area (Å²) in [7, 11) is -0.382. The van der Waals surface area contributed by atoms with Crippen LogP contribution in [0, 0.1) is 11.6 Å². The molecule has 0 saturated carbocycles. The summed E-state index contributed by atoms with van der Waals surface area (Å²) in [4.78, 5) is 36.2. The first-order valence-corrected chi connectivity index (χ1v) is 29.7.